The molecule has 1 heterocycles. The Labute approximate surface area is 67.9 Å². The zero-order valence-electron chi connectivity index (χ0n) is 5.77. The van der Waals surface area contributed by atoms with Crippen LogP contribution >= 0.6 is 11.6 Å². The fourth-order valence-corrected chi connectivity index (χ4v) is 0.821. The van der Waals surface area contributed by atoms with E-state index in [1.807, 2.05) is 0 Å². The molecule has 2 N–H and O–H groups in total. The lowest BCUT2D eigenvalue weighted by atomic mass is 10.4. The number of nitrogens with zero attached hydrogens (tertiary/aromatic N) is 1. The molecule has 0 aliphatic carbocycles. The Balaban J connectivity index is 3.21. The molecule has 0 amide bonds. The molecule has 0 unspecified atom stereocenters. The lowest BCUT2D eigenvalue weighted by Gasteiger charge is -2.02. The Morgan fingerprint density at radius 2 is 2.36 bits per heavy atom. The number of anilines is 1. The van der Waals surface area contributed by atoms with E-state index < -0.39 is 5.82 Å². The van der Waals surface area contributed by atoms with Crippen LogP contribution in [0.1, 0.15) is 0 Å². The summed E-state index contributed by atoms with van der Waals surface area (Å²) in [5.41, 5.74) is 5.14. The molecule has 1 rings (SSSR count). The smallest absolute Gasteiger partial charge is 0.234 e. The maximum atomic E-state index is 12.6. The van der Waals surface area contributed by atoms with Crippen LogP contribution in [0.3, 0.4) is 0 Å². The van der Waals surface area contributed by atoms with Crippen LogP contribution in [0.4, 0.5) is 10.2 Å². The van der Waals surface area contributed by atoms with E-state index in [0.29, 0.717) is 0 Å². The molecule has 0 saturated heterocycles. The van der Waals surface area contributed by atoms with Crippen molar-refractivity contribution in [2.24, 2.45) is 0 Å². The molecular weight excluding hydrogens is 171 g/mol. The first kappa shape index (κ1) is 8.07. The van der Waals surface area contributed by atoms with Crippen molar-refractivity contribution in [2.75, 3.05) is 12.8 Å². The summed E-state index contributed by atoms with van der Waals surface area (Å²) in [7, 11) is 1.38. The van der Waals surface area contributed by atoms with Crippen molar-refractivity contribution in [1.29, 1.82) is 0 Å². The Bertz CT molecular complexity index is 280. The third-order valence-corrected chi connectivity index (χ3v) is 1.39. The van der Waals surface area contributed by atoms with Gasteiger partial charge in [0.1, 0.15) is 5.02 Å². The largest absolute Gasteiger partial charge is 0.480 e. The van der Waals surface area contributed by atoms with Crippen LogP contribution in [-0.4, -0.2) is 12.1 Å². The molecule has 0 bridgehead atoms. The number of ether oxygens (including phenoxy) is 1. The first-order chi connectivity index (χ1) is 5.15. The third kappa shape index (κ3) is 1.51. The minimum absolute atomic E-state index is 0.110. The number of hydrogen-bond acceptors (Lipinski definition) is 3. The quantitative estimate of drug-likeness (QED) is 0.705. The fourth-order valence-electron chi connectivity index (χ4n) is 0.606. The van der Waals surface area contributed by atoms with E-state index in [1.54, 1.807) is 0 Å². The van der Waals surface area contributed by atoms with Crippen LogP contribution in [-0.2, 0) is 0 Å². The summed E-state index contributed by atoms with van der Waals surface area (Å²) in [6.07, 6.45) is 0. The van der Waals surface area contributed by atoms with E-state index >= 15 is 0 Å². The van der Waals surface area contributed by atoms with Gasteiger partial charge in [-0.3, -0.25) is 0 Å². The van der Waals surface area contributed by atoms with E-state index in [9.17, 15) is 4.39 Å². The van der Waals surface area contributed by atoms with Gasteiger partial charge in [0, 0.05) is 6.07 Å². The second kappa shape index (κ2) is 2.92. The molecule has 0 atom stereocenters. The second-order valence-corrected chi connectivity index (χ2v) is 2.25. The van der Waals surface area contributed by atoms with E-state index in [1.165, 1.54) is 7.11 Å². The van der Waals surface area contributed by atoms with Gasteiger partial charge in [0.15, 0.2) is 11.6 Å². The van der Waals surface area contributed by atoms with Gasteiger partial charge in [0.25, 0.3) is 0 Å². The summed E-state index contributed by atoms with van der Waals surface area (Å²) in [6, 6.07) is 1.06. The van der Waals surface area contributed by atoms with Gasteiger partial charge in [-0.15, -0.1) is 0 Å². The predicted octanol–water partition coefficient (Wildman–Crippen LogP) is 1.46. The van der Waals surface area contributed by atoms with Gasteiger partial charge < -0.3 is 10.5 Å². The highest BCUT2D eigenvalue weighted by Gasteiger charge is 2.07. The van der Waals surface area contributed by atoms with E-state index in [0.717, 1.165) is 6.07 Å². The molecule has 0 aliphatic heterocycles. The van der Waals surface area contributed by atoms with Gasteiger partial charge in [0.05, 0.1) is 7.11 Å². The van der Waals surface area contributed by atoms with E-state index in [4.69, 9.17) is 22.1 Å². The van der Waals surface area contributed by atoms with Gasteiger partial charge in [-0.05, 0) is 0 Å². The average Bonchev–Trinajstić information content (AvgIpc) is 1.97. The monoisotopic (exact) mass is 176 g/mol. The van der Waals surface area contributed by atoms with E-state index in [2.05, 4.69) is 4.98 Å². The zero-order chi connectivity index (χ0) is 8.43. The molecule has 0 spiro atoms. The Morgan fingerprint density at radius 3 is 2.91 bits per heavy atom. The fraction of sp³-hybridized carbons (Fsp3) is 0.167. The SMILES string of the molecule is COc1nc(N)c(F)cc1Cl. The lowest BCUT2D eigenvalue weighted by Crippen LogP contribution is -1.97. The Morgan fingerprint density at radius 1 is 1.73 bits per heavy atom. The van der Waals surface area contributed by atoms with Crippen LogP contribution in [0, 0.1) is 5.82 Å². The molecule has 0 aromatic carbocycles. The molecule has 60 valence electrons. The summed E-state index contributed by atoms with van der Waals surface area (Å²) >= 11 is 5.52. The Hall–Kier alpha value is -1.03. The lowest BCUT2D eigenvalue weighted by molar-refractivity contribution is 0.397. The van der Waals surface area contributed by atoms with Crippen LogP contribution in [0.15, 0.2) is 6.07 Å². The minimum atomic E-state index is -0.643. The summed E-state index contributed by atoms with van der Waals surface area (Å²) in [4.78, 5) is 3.54. The number of nitrogen functional groups attached to an aromatic ring is 1. The summed E-state index contributed by atoms with van der Waals surface area (Å²) in [6.45, 7) is 0. The molecule has 0 radical (unpaired) electrons. The maximum Gasteiger partial charge on any atom is 0.234 e. The first-order valence-corrected chi connectivity index (χ1v) is 3.18. The van der Waals surface area contributed by atoms with Crippen molar-refractivity contribution in [3.63, 3.8) is 0 Å². The van der Waals surface area contributed by atoms with Gasteiger partial charge in [-0.25, -0.2) is 4.39 Å². The summed E-state index contributed by atoms with van der Waals surface area (Å²) in [5, 5.41) is 0.110. The van der Waals surface area contributed by atoms with Gasteiger partial charge in [-0.2, -0.15) is 4.98 Å². The van der Waals surface area contributed by atoms with Crippen molar-refractivity contribution in [1.82, 2.24) is 4.98 Å². The first-order valence-electron chi connectivity index (χ1n) is 2.80. The van der Waals surface area contributed by atoms with Crippen molar-refractivity contribution >= 4 is 17.4 Å². The topological polar surface area (TPSA) is 48.1 Å². The molecule has 5 heteroatoms. The molecule has 3 nitrogen and oxygen atoms in total. The molecule has 1 aromatic heterocycles. The number of hydrogen-bond donors (Lipinski definition) is 1. The summed E-state index contributed by atoms with van der Waals surface area (Å²) < 4.78 is 17.3. The van der Waals surface area contributed by atoms with Crippen molar-refractivity contribution < 1.29 is 9.13 Å². The number of nitrogens with two attached hydrogens (primary N) is 1. The predicted molar refractivity (Wildman–Crippen MR) is 40.2 cm³/mol. The van der Waals surface area contributed by atoms with Crippen LogP contribution in [0.2, 0.25) is 5.02 Å². The average molecular weight is 177 g/mol. The number of rotatable bonds is 1. The van der Waals surface area contributed by atoms with Crippen molar-refractivity contribution in [3.05, 3.63) is 16.9 Å². The molecule has 0 saturated carbocycles. The highest BCUT2D eigenvalue weighted by molar-refractivity contribution is 6.31. The highest BCUT2D eigenvalue weighted by atomic mass is 35.5. The van der Waals surface area contributed by atoms with Gasteiger partial charge in [-0.1, -0.05) is 11.6 Å². The summed E-state index contributed by atoms with van der Waals surface area (Å²) in [5.74, 6) is -0.729. The highest BCUT2D eigenvalue weighted by Crippen LogP contribution is 2.24. The van der Waals surface area contributed by atoms with Crippen LogP contribution in [0.25, 0.3) is 0 Å². The van der Waals surface area contributed by atoms with E-state index in [-0.39, 0.29) is 16.7 Å². The number of methoxy groups -OCH3 is 1. The molecular formula is C6H6ClFN2O. The Kier molecular flexibility index (Phi) is 2.14. The third-order valence-electron chi connectivity index (χ3n) is 1.12. The second-order valence-electron chi connectivity index (χ2n) is 1.85. The molecule has 0 fully saturated rings. The minimum Gasteiger partial charge on any atom is -0.480 e. The van der Waals surface area contributed by atoms with Gasteiger partial charge >= 0.3 is 0 Å². The number of halogens is 2. The molecule has 0 aliphatic rings. The zero-order valence-corrected chi connectivity index (χ0v) is 6.52. The van der Waals surface area contributed by atoms with Crippen LogP contribution in [0.5, 0.6) is 5.88 Å². The van der Waals surface area contributed by atoms with Crippen molar-refractivity contribution in [2.45, 2.75) is 0 Å². The van der Waals surface area contributed by atoms with Crippen molar-refractivity contribution in [3.8, 4) is 5.88 Å². The standard InChI is InChI=1S/C6H6ClFN2O/c1-11-6-3(7)2-4(8)5(9)10-6/h2H,1H3,(H2,9,10). The van der Waals surface area contributed by atoms with Gasteiger partial charge in [0.2, 0.25) is 5.88 Å². The molecule has 11 heavy (non-hydrogen) atoms. The maximum absolute atomic E-state index is 12.6. The number of aromatic nitrogens is 1. The number of pyridine rings is 1. The molecule has 1 aromatic rings. The van der Waals surface area contributed by atoms with Crippen LogP contribution < -0.4 is 10.5 Å². The normalized spacial score (nSPS) is 9.73.